The van der Waals surface area contributed by atoms with Gasteiger partial charge in [-0.3, -0.25) is 14.3 Å². The summed E-state index contributed by atoms with van der Waals surface area (Å²) in [4.78, 5) is 38.5. The highest BCUT2D eigenvalue weighted by Crippen LogP contribution is 2.37. The number of hydrogen-bond acceptors (Lipinski definition) is 5. The fourth-order valence-electron chi connectivity index (χ4n) is 4.79. The van der Waals surface area contributed by atoms with Gasteiger partial charge in [-0.05, 0) is 61.2 Å². The molecule has 0 saturated carbocycles. The van der Waals surface area contributed by atoms with Crippen LogP contribution in [0.3, 0.4) is 0 Å². The Labute approximate surface area is 246 Å². The summed E-state index contributed by atoms with van der Waals surface area (Å²) >= 11 is 0. The predicted molar refractivity (Wildman–Crippen MR) is 165 cm³/mol. The lowest BCUT2D eigenvalue weighted by Crippen LogP contribution is -2.33. The molecule has 43 heavy (non-hydrogen) atoms. The topological polar surface area (TPSA) is 104 Å². The molecular formula is C33H29FN4O5. The number of benzene rings is 4. The van der Waals surface area contributed by atoms with Gasteiger partial charge in [-0.15, -0.1) is 0 Å². The van der Waals surface area contributed by atoms with E-state index in [9.17, 15) is 14.4 Å². The Morgan fingerprint density at radius 2 is 1.67 bits per heavy atom. The molecule has 218 valence electrons. The van der Waals surface area contributed by atoms with Gasteiger partial charge in [0.1, 0.15) is 11.5 Å². The third-order valence-electron chi connectivity index (χ3n) is 6.95. The van der Waals surface area contributed by atoms with Crippen molar-refractivity contribution >= 4 is 34.1 Å². The molecule has 1 aromatic heterocycles. The number of carbonyl (C=O) groups excluding carboxylic acids is 2. The number of allylic oxidation sites excluding steroid dienone is 1. The molecule has 1 heterocycles. The maximum Gasteiger partial charge on any atom is 0.348 e. The number of nitrogens with zero attached hydrogens (tertiary/aromatic N) is 2. The van der Waals surface area contributed by atoms with Gasteiger partial charge in [0.25, 0.3) is 5.56 Å². The molecule has 2 amide bonds. The zero-order valence-electron chi connectivity index (χ0n) is 24.0. The van der Waals surface area contributed by atoms with Gasteiger partial charge in [0, 0.05) is 29.9 Å². The number of nitrogens with one attached hydrogen (secondary N) is 2. The van der Waals surface area contributed by atoms with E-state index >= 15 is 4.39 Å². The van der Waals surface area contributed by atoms with Crippen LogP contribution in [-0.4, -0.2) is 28.4 Å². The fourth-order valence-corrected chi connectivity index (χ4v) is 4.79. The number of anilines is 2. The van der Waals surface area contributed by atoms with Crippen LogP contribution in [0.2, 0.25) is 0 Å². The van der Waals surface area contributed by atoms with Crippen molar-refractivity contribution in [3.63, 3.8) is 0 Å². The minimum atomic E-state index is -0.735. The average molecular weight is 581 g/mol. The van der Waals surface area contributed by atoms with Crippen LogP contribution in [-0.2, 0) is 11.8 Å². The molecular weight excluding hydrogens is 551 g/mol. The zero-order valence-corrected chi connectivity index (χ0v) is 24.0. The molecule has 4 aromatic carbocycles. The minimum absolute atomic E-state index is 0.0842. The number of fused-ring (bicyclic) bond motifs is 1. The summed E-state index contributed by atoms with van der Waals surface area (Å²) in [6.07, 6.45) is 3.01. The number of rotatable bonds is 7. The molecule has 0 fully saturated rings. The van der Waals surface area contributed by atoms with Crippen molar-refractivity contribution in [1.82, 2.24) is 9.36 Å². The second kappa shape index (κ2) is 12.1. The van der Waals surface area contributed by atoms with Crippen LogP contribution in [0.5, 0.6) is 17.2 Å². The quantitative estimate of drug-likeness (QED) is 0.205. The Morgan fingerprint density at radius 3 is 2.37 bits per heavy atom. The maximum absolute atomic E-state index is 15.3. The van der Waals surface area contributed by atoms with Crippen molar-refractivity contribution in [2.75, 3.05) is 17.7 Å². The molecule has 0 radical (unpaired) electrons. The number of halogens is 1. The molecule has 0 saturated heterocycles. The second-order valence-corrected chi connectivity index (χ2v) is 9.66. The number of hydrogen-bond donors (Lipinski definition) is 2. The van der Waals surface area contributed by atoms with Gasteiger partial charge in [-0.2, -0.15) is 4.68 Å². The highest BCUT2D eigenvalue weighted by Gasteiger charge is 2.21. The highest BCUT2D eigenvalue weighted by atomic mass is 19.1. The fraction of sp³-hybridized carbons (Fsp3) is 0.121. The van der Waals surface area contributed by atoms with E-state index in [2.05, 4.69) is 10.6 Å². The van der Waals surface area contributed by atoms with Crippen molar-refractivity contribution in [2.24, 2.45) is 7.05 Å². The van der Waals surface area contributed by atoms with E-state index in [0.29, 0.717) is 39.4 Å². The van der Waals surface area contributed by atoms with E-state index in [1.807, 2.05) is 24.3 Å². The van der Waals surface area contributed by atoms with Crippen molar-refractivity contribution in [1.29, 1.82) is 0 Å². The molecule has 5 aromatic rings. The highest BCUT2D eigenvalue weighted by molar-refractivity contribution is 6.03. The van der Waals surface area contributed by atoms with Crippen LogP contribution < -0.4 is 25.7 Å². The molecule has 9 nitrogen and oxygen atoms in total. The van der Waals surface area contributed by atoms with Gasteiger partial charge in [0.05, 0.1) is 18.4 Å². The van der Waals surface area contributed by atoms with E-state index in [4.69, 9.17) is 9.47 Å². The number of amides is 2. The average Bonchev–Trinajstić information content (AvgIpc) is 3.22. The standard InChI is InChI=1S/C33H29FN4O5/c1-5-10-30(39)36-26-19-24-22(17-29(26)42-4)13-9-14-27(24)43-28-16-15-23(18-25(28)34)35-33(41)38-32(40)31(20(2)37(38)3)21-11-7-6-8-12-21/h5-19H,1-4H3,(H,35,41)(H,36,39)/b10-5+. The first-order valence-electron chi connectivity index (χ1n) is 13.4. The van der Waals surface area contributed by atoms with Gasteiger partial charge in [0.15, 0.2) is 11.6 Å². The SMILES string of the molecule is C/C=C/C(=O)Nc1cc2c(Oc3ccc(NC(=O)n4c(=O)c(-c5ccccc5)c(C)n4C)cc3F)cccc2cc1OC. The van der Waals surface area contributed by atoms with Crippen molar-refractivity contribution in [2.45, 2.75) is 13.8 Å². The van der Waals surface area contributed by atoms with E-state index in [-0.39, 0.29) is 17.3 Å². The van der Waals surface area contributed by atoms with Crippen LogP contribution in [0.25, 0.3) is 21.9 Å². The van der Waals surface area contributed by atoms with E-state index in [1.54, 1.807) is 63.4 Å². The summed E-state index contributed by atoms with van der Waals surface area (Å²) in [5.41, 5.74) is 1.79. The number of carbonyl (C=O) groups is 2. The van der Waals surface area contributed by atoms with Crippen LogP contribution in [0.15, 0.2) is 95.8 Å². The normalized spacial score (nSPS) is 11.1. The molecule has 5 rings (SSSR count). The Bertz CT molecular complexity index is 1940. The first kappa shape index (κ1) is 28.9. The molecule has 0 atom stereocenters. The van der Waals surface area contributed by atoms with Gasteiger partial charge >= 0.3 is 6.03 Å². The number of ether oxygens (including phenoxy) is 2. The van der Waals surface area contributed by atoms with Crippen LogP contribution in [0, 0.1) is 12.7 Å². The molecule has 2 N–H and O–H groups in total. The summed E-state index contributed by atoms with van der Waals surface area (Å²) in [5, 5.41) is 6.73. The lowest BCUT2D eigenvalue weighted by molar-refractivity contribution is -0.111. The Kier molecular flexibility index (Phi) is 8.11. The Hall–Kier alpha value is -5.64. The lowest BCUT2D eigenvalue weighted by Gasteiger charge is -2.15. The molecule has 0 unspecified atom stereocenters. The monoisotopic (exact) mass is 580 g/mol. The van der Waals surface area contributed by atoms with Crippen molar-refractivity contribution in [3.8, 4) is 28.4 Å². The molecule has 0 spiro atoms. The van der Waals surface area contributed by atoms with Gasteiger partial charge in [0.2, 0.25) is 5.91 Å². The summed E-state index contributed by atoms with van der Waals surface area (Å²) < 4.78 is 29.1. The molecule has 0 aliphatic rings. The van der Waals surface area contributed by atoms with Gasteiger partial charge < -0.3 is 20.1 Å². The Morgan fingerprint density at radius 1 is 0.907 bits per heavy atom. The third kappa shape index (κ3) is 5.76. The maximum atomic E-state index is 15.3. The first-order valence-corrected chi connectivity index (χ1v) is 13.4. The van der Waals surface area contributed by atoms with Gasteiger partial charge in [-0.1, -0.05) is 48.5 Å². The summed E-state index contributed by atoms with van der Waals surface area (Å²) in [5.74, 6) is -0.343. The molecule has 0 aliphatic heterocycles. The molecule has 0 bridgehead atoms. The lowest BCUT2D eigenvalue weighted by atomic mass is 10.1. The second-order valence-electron chi connectivity index (χ2n) is 9.66. The third-order valence-corrected chi connectivity index (χ3v) is 6.95. The number of aromatic nitrogens is 2. The summed E-state index contributed by atoms with van der Waals surface area (Å²) in [6, 6.07) is 21.0. The zero-order chi connectivity index (χ0) is 30.7. The summed E-state index contributed by atoms with van der Waals surface area (Å²) in [6.45, 7) is 3.49. The van der Waals surface area contributed by atoms with E-state index in [1.165, 1.54) is 30.0 Å². The van der Waals surface area contributed by atoms with Crippen molar-refractivity contribution < 1.29 is 23.5 Å². The molecule has 10 heteroatoms. The van der Waals surface area contributed by atoms with Gasteiger partial charge in [-0.25, -0.2) is 9.18 Å². The Balaban J connectivity index is 1.41. The molecule has 0 aliphatic carbocycles. The summed E-state index contributed by atoms with van der Waals surface area (Å²) in [7, 11) is 3.11. The van der Waals surface area contributed by atoms with E-state index in [0.717, 1.165) is 16.1 Å². The van der Waals surface area contributed by atoms with Crippen LogP contribution in [0.1, 0.15) is 12.6 Å². The largest absolute Gasteiger partial charge is 0.495 e. The minimum Gasteiger partial charge on any atom is -0.495 e. The van der Waals surface area contributed by atoms with E-state index < -0.39 is 17.4 Å². The van der Waals surface area contributed by atoms with Crippen molar-refractivity contribution in [3.05, 3.63) is 113 Å². The smallest absolute Gasteiger partial charge is 0.348 e. The first-order chi connectivity index (χ1) is 20.7. The predicted octanol–water partition coefficient (Wildman–Crippen LogP) is 6.85. The van der Waals surface area contributed by atoms with Crippen LogP contribution in [0.4, 0.5) is 20.6 Å². The van der Waals surface area contributed by atoms with Crippen LogP contribution >= 0.6 is 0 Å². The number of methoxy groups -OCH3 is 1.